The number of nitrogens with one attached hydrogen (secondary N) is 1. The lowest BCUT2D eigenvalue weighted by atomic mass is 9.84. The molecule has 0 bridgehead atoms. The Labute approximate surface area is 168 Å². The highest BCUT2D eigenvalue weighted by molar-refractivity contribution is 6.35. The molecule has 1 aliphatic heterocycles. The number of benzene rings is 2. The normalized spacial score (nSPS) is 16.5. The van der Waals surface area contributed by atoms with Gasteiger partial charge in [-0.1, -0.05) is 41.4 Å². The van der Waals surface area contributed by atoms with Crippen molar-refractivity contribution in [3.8, 4) is 0 Å². The minimum atomic E-state index is -0.495. The summed E-state index contributed by atoms with van der Waals surface area (Å²) in [6, 6.07) is 11.3. The molecule has 142 valence electrons. The molecule has 0 aromatic heterocycles. The lowest BCUT2D eigenvalue weighted by Gasteiger charge is -2.34. The zero-order valence-corrected chi connectivity index (χ0v) is 16.6. The third-order valence-electron chi connectivity index (χ3n) is 4.51. The van der Waals surface area contributed by atoms with E-state index in [-0.39, 0.29) is 18.4 Å². The number of carbonyl (C=O) groups is 2. The molecule has 1 amide bonds. The van der Waals surface area contributed by atoms with E-state index >= 15 is 0 Å². The quantitative estimate of drug-likeness (QED) is 0.777. The van der Waals surface area contributed by atoms with Crippen LogP contribution in [0.5, 0.6) is 0 Å². The first kappa shape index (κ1) is 19.7. The van der Waals surface area contributed by atoms with E-state index in [9.17, 15) is 9.59 Å². The minimum Gasteiger partial charge on any atom is -0.456 e. The number of carbonyl (C=O) groups excluding carboxylic acids is 2. The number of nitrogens with zero attached hydrogens (tertiary/aromatic N) is 1. The van der Waals surface area contributed by atoms with Crippen molar-refractivity contribution in [2.75, 3.05) is 25.5 Å². The van der Waals surface area contributed by atoms with Crippen molar-refractivity contribution in [2.24, 2.45) is 0 Å². The maximum Gasteiger partial charge on any atom is 0.303 e. The van der Waals surface area contributed by atoms with Gasteiger partial charge in [0.2, 0.25) is 0 Å². The van der Waals surface area contributed by atoms with Crippen LogP contribution in [0.1, 0.15) is 29.5 Å². The first-order valence-corrected chi connectivity index (χ1v) is 9.29. The second kappa shape index (κ2) is 8.30. The van der Waals surface area contributed by atoms with Crippen LogP contribution in [0.25, 0.3) is 0 Å². The van der Waals surface area contributed by atoms with Crippen molar-refractivity contribution in [1.82, 2.24) is 4.90 Å². The van der Waals surface area contributed by atoms with Crippen LogP contribution in [-0.4, -0.2) is 37.0 Å². The SMILES string of the molecule is CC(=O)OCC(=O)Nc1ccccc1[C@@H]1CN(C)Cc2c(Cl)cc(Cl)cc21. The Hall–Kier alpha value is -2.08. The summed E-state index contributed by atoms with van der Waals surface area (Å²) >= 11 is 12.7. The summed E-state index contributed by atoms with van der Waals surface area (Å²) in [7, 11) is 2.03. The van der Waals surface area contributed by atoms with Crippen LogP contribution < -0.4 is 5.32 Å². The number of likely N-dealkylation sites (N-methyl/N-ethyl adjacent to an activating group) is 1. The smallest absolute Gasteiger partial charge is 0.303 e. The molecule has 0 fully saturated rings. The first-order valence-electron chi connectivity index (χ1n) is 8.53. The summed E-state index contributed by atoms with van der Waals surface area (Å²) in [5.74, 6) is -0.878. The Kier molecular flexibility index (Phi) is 6.05. The second-order valence-electron chi connectivity index (χ2n) is 6.62. The number of amides is 1. The zero-order valence-electron chi connectivity index (χ0n) is 15.1. The van der Waals surface area contributed by atoms with E-state index in [0.29, 0.717) is 15.7 Å². The van der Waals surface area contributed by atoms with Crippen LogP contribution in [-0.2, 0) is 20.9 Å². The van der Waals surface area contributed by atoms with Crippen LogP contribution >= 0.6 is 23.2 Å². The van der Waals surface area contributed by atoms with Crippen molar-refractivity contribution < 1.29 is 14.3 Å². The molecule has 5 nitrogen and oxygen atoms in total. The molecule has 0 radical (unpaired) electrons. The van der Waals surface area contributed by atoms with Crippen molar-refractivity contribution in [2.45, 2.75) is 19.4 Å². The maximum absolute atomic E-state index is 12.1. The number of hydrogen-bond donors (Lipinski definition) is 1. The first-order chi connectivity index (χ1) is 12.8. The summed E-state index contributed by atoms with van der Waals surface area (Å²) < 4.78 is 4.77. The molecule has 3 rings (SSSR count). The zero-order chi connectivity index (χ0) is 19.6. The highest BCUT2D eigenvalue weighted by atomic mass is 35.5. The molecule has 7 heteroatoms. The number of rotatable bonds is 4. The average molecular weight is 407 g/mol. The molecule has 2 aromatic rings. The van der Waals surface area contributed by atoms with E-state index in [2.05, 4.69) is 10.2 Å². The summed E-state index contributed by atoms with van der Waals surface area (Å²) in [4.78, 5) is 25.2. The molecule has 1 atom stereocenters. The lowest BCUT2D eigenvalue weighted by Crippen LogP contribution is -2.32. The number of hydrogen-bond acceptors (Lipinski definition) is 4. The van der Waals surface area contributed by atoms with Gasteiger partial charge >= 0.3 is 5.97 Å². The molecule has 2 aromatic carbocycles. The molecule has 27 heavy (non-hydrogen) atoms. The standard InChI is InChI=1S/C20H20Cl2N2O3/c1-12(25)27-11-20(26)23-19-6-4-3-5-14(19)16-9-24(2)10-17-15(16)7-13(21)8-18(17)22/h3-8,16H,9-11H2,1-2H3,(H,23,26)/t16-/m0/s1. The van der Waals surface area contributed by atoms with Gasteiger partial charge in [0.05, 0.1) is 0 Å². The number of anilines is 1. The van der Waals surface area contributed by atoms with Gasteiger partial charge in [0.25, 0.3) is 5.91 Å². The summed E-state index contributed by atoms with van der Waals surface area (Å²) in [6.45, 7) is 2.45. The van der Waals surface area contributed by atoms with E-state index in [1.807, 2.05) is 37.4 Å². The molecule has 1 aliphatic rings. The van der Waals surface area contributed by atoms with E-state index in [0.717, 1.165) is 29.8 Å². The highest BCUT2D eigenvalue weighted by Crippen LogP contribution is 2.40. The van der Waals surface area contributed by atoms with Crippen LogP contribution in [0.2, 0.25) is 10.0 Å². The van der Waals surface area contributed by atoms with E-state index in [1.54, 1.807) is 6.07 Å². The van der Waals surface area contributed by atoms with Gasteiger partial charge in [-0.2, -0.15) is 0 Å². The summed E-state index contributed by atoms with van der Waals surface area (Å²) in [6.07, 6.45) is 0. The molecule has 0 saturated carbocycles. The molecule has 0 saturated heterocycles. The topological polar surface area (TPSA) is 58.6 Å². The molecular formula is C20H20Cl2N2O3. The van der Waals surface area contributed by atoms with Gasteiger partial charge in [0, 0.05) is 41.7 Å². The molecule has 0 spiro atoms. The Balaban J connectivity index is 1.96. The number of fused-ring (bicyclic) bond motifs is 1. The fourth-order valence-electron chi connectivity index (χ4n) is 3.38. The van der Waals surface area contributed by atoms with Crippen molar-refractivity contribution >= 4 is 40.8 Å². The van der Waals surface area contributed by atoms with Crippen molar-refractivity contribution in [3.63, 3.8) is 0 Å². The fraction of sp³-hybridized carbons (Fsp3) is 0.300. The second-order valence-corrected chi connectivity index (χ2v) is 7.46. The largest absolute Gasteiger partial charge is 0.456 e. The minimum absolute atomic E-state index is 0.000162. The third-order valence-corrected chi connectivity index (χ3v) is 5.06. The Bertz CT molecular complexity index is 886. The van der Waals surface area contributed by atoms with E-state index < -0.39 is 5.97 Å². The van der Waals surface area contributed by atoms with Gasteiger partial charge in [-0.25, -0.2) is 0 Å². The van der Waals surface area contributed by atoms with Crippen molar-refractivity contribution in [1.29, 1.82) is 0 Å². The Morgan fingerprint density at radius 3 is 2.70 bits per heavy atom. The predicted molar refractivity (Wildman–Crippen MR) is 106 cm³/mol. The van der Waals surface area contributed by atoms with Gasteiger partial charge in [-0.15, -0.1) is 0 Å². The van der Waals surface area contributed by atoms with Crippen LogP contribution in [0.3, 0.4) is 0 Å². The third kappa shape index (κ3) is 4.61. The number of esters is 1. The van der Waals surface area contributed by atoms with E-state index in [4.69, 9.17) is 27.9 Å². The van der Waals surface area contributed by atoms with E-state index in [1.165, 1.54) is 6.92 Å². The average Bonchev–Trinajstić information content (AvgIpc) is 2.61. The fourth-order valence-corrected chi connectivity index (χ4v) is 3.95. The Morgan fingerprint density at radius 2 is 1.96 bits per heavy atom. The van der Waals surface area contributed by atoms with Gasteiger partial charge in [-0.3, -0.25) is 9.59 Å². The number of para-hydroxylation sites is 1. The van der Waals surface area contributed by atoms with Gasteiger partial charge in [-0.05, 0) is 41.9 Å². The van der Waals surface area contributed by atoms with Gasteiger partial charge < -0.3 is 15.0 Å². The number of halogens is 2. The lowest BCUT2D eigenvalue weighted by molar-refractivity contribution is -0.144. The predicted octanol–water partition coefficient (Wildman–Crippen LogP) is 4.07. The summed E-state index contributed by atoms with van der Waals surface area (Å²) in [5, 5.41) is 4.07. The van der Waals surface area contributed by atoms with Crippen LogP contribution in [0, 0.1) is 0 Å². The molecule has 0 unspecified atom stereocenters. The molecule has 1 N–H and O–H groups in total. The maximum atomic E-state index is 12.1. The monoisotopic (exact) mass is 406 g/mol. The number of ether oxygens (including phenoxy) is 1. The Morgan fingerprint density at radius 1 is 1.22 bits per heavy atom. The molecule has 0 aliphatic carbocycles. The van der Waals surface area contributed by atoms with Crippen LogP contribution in [0.4, 0.5) is 5.69 Å². The van der Waals surface area contributed by atoms with Crippen molar-refractivity contribution in [3.05, 3.63) is 63.1 Å². The summed E-state index contributed by atoms with van der Waals surface area (Å²) in [5.41, 5.74) is 3.74. The van der Waals surface area contributed by atoms with Gasteiger partial charge in [0.15, 0.2) is 6.61 Å². The molecular weight excluding hydrogens is 387 g/mol. The molecule has 1 heterocycles. The van der Waals surface area contributed by atoms with Gasteiger partial charge in [0.1, 0.15) is 0 Å². The highest BCUT2D eigenvalue weighted by Gasteiger charge is 2.28. The van der Waals surface area contributed by atoms with Crippen LogP contribution in [0.15, 0.2) is 36.4 Å².